The fourth-order valence-electron chi connectivity index (χ4n) is 2.07. The summed E-state index contributed by atoms with van der Waals surface area (Å²) in [5.74, 6) is -1.17. The first-order chi connectivity index (χ1) is 11.9. The first-order valence-corrected chi connectivity index (χ1v) is 7.95. The molecule has 2 aromatic rings. The average molecular weight is 344 g/mol. The summed E-state index contributed by atoms with van der Waals surface area (Å²) in [7, 11) is 0. The molecule has 2 rings (SSSR count). The number of nitrogens with one attached hydrogen (secondary N) is 2. The molecule has 0 radical (unpaired) electrons. The van der Waals surface area contributed by atoms with Crippen molar-refractivity contribution >= 4 is 23.2 Å². The number of hydrogen-bond acceptors (Lipinski definition) is 3. The van der Waals surface area contributed by atoms with Crippen molar-refractivity contribution in [1.29, 1.82) is 0 Å². The minimum atomic E-state index is -1.42. The Morgan fingerprint density at radius 2 is 1.48 bits per heavy atom. The van der Waals surface area contributed by atoms with Gasteiger partial charge in [-0.1, -0.05) is 24.3 Å². The van der Waals surface area contributed by atoms with Gasteiger partial charge < -0.3 is 15.4 Å². The van der Waals surface area contributed by atoms with Crippen LogP contribution in [0.15, 0.2) is 48.5 Å². The van der Waals surface area contributed by atoms with Crippen LogP contribution in [-0.2, 0) is 9.59 Å². The van der Waals surface area contributed by atoms with Crippen LogP contribution in [0.2, 0.25) is 0 Å². The molecule has 2 amide bonds. The third kappa shape index (κ3) is 4.35. The van der Waals surface area contributed by atoms with Crippen molar-refractivity contribution in [3.05, 3.63) is 54.3 Å². The maximum Gasteiger partial charge on any atom is 0.239 e. The highest BCUT2D eigenvalue weighted by atomic mass is 19.1. The van der Waals surface area contributed by atoms with Crippen LogP contribution < -0.4 is 15.4 Å². The Morgan fingerprint density at radius 1 is 0.960 bits per heavy atom. The predicted molar refractivity (Wildman–Crippen MR) is 95.1 cm³/mol. The van der Waals surface area contributed by atoms with Crippen LogP contribution in [0.4, 0.5) is 15.8 Å². The highest BCUT2D eigenvalue weighted by molar-refractivity contribution is 6.14. The highest BCUT2D eigenvalue weighted by Gasteiger charge is 2.36. The summed E-state index contributed by atoms with van der Waals surface area (Å²) in [4.78, 5) is 25.0. The van der Waals surface area contributed by atoms with Gasteiger partial charge in [0.25, 0.3) is 0 Å². The van der Waals surface area contributed by atoms with Crippen LogP contribution >= 0.6 is 0 Å². The number of anilines is 2. The van der Waals surface area contributed by atoms with Gasteiger partial charge in [0, 0.05) is 0 Å². The number of benzene rings is 2. The van der Waals surface area contributed by atoms with Gasteiger partial charge in [-0.3, -0.25) is 9.59 Å². The summed E-state index contributed by atoms with van der Waals surface area (Å²) in [6.45, 7) is 5.23. The number of rotatable bonds is 6. The monoisotopic (exact) mass is 344 g/mol. The highest BCUT2D eigenvalue weighted by Crippen LogP contribution is 2.27. The summed E-state index contributed by atoms with van der Waals surface area (Å²) >= 11 is 0. The van der Waals surface area contributed by atoms with Gasteiger partial charge >= 0.3 is 0 Å². The molecular weight excluding hydrogens is 323 g/mol. The number of halogens is 1. The number of hydrogen-bond donors (Lipinski definition) is 2. The van der Waals surface area contributed by atoms with E-state index in [-0.39, 0.29) is 5.69 Å². The normalized spacial score (nSPS) is 10.9. The lowest BCUT2D eigenvalue weighted by molar-refractivity contribution is -0.135. The maximum atomic E-state index is 13.7. The molecule has 0 aliphatic carbocycles. The third-order valence-electron chi connectivity index (χ3n) is 3.69. The molecule has 6 heteroatoms. The SMILES string of the molecule is CCOc1ccccc1NC(=O)C(C)(C)C(=O)Nc1ccccc1F. The van der Waals surface area contributed by atoms with E-state index in [4.69, 9.17) is 4.74 Å². The Balaban J connectivity index is 2.14. The van der Waals surface area contributed by atoms with Crippen LogP contribution in [0.5, 0.6) is 5.75 Å². The van der Waals surface area contributed by atoms with Crippen molar-refractivity contribution in [3.8, 4) is 5.75 Å². The zero-order valence-corrected chi connectivity index (χ0v) is 14.4. The smallest absolute Gasteiger partial charge is 0.239 e. The number of ether oxygens (including phenoxy) is 1. The van der Waals surface area contributed by atoms with Crippen molar-refractivity contribution in [2.45, 2.75) is 20.8 Å². The van der Waals surface area contributed by atoms with Gasteiger partial charge in [0.15, 0.2) is 0 Å². The summed E-state index contributed by atoms with van der Waals surface area (Å²) in [6, 6.07) is 12.8. The van der Waals surface area contributed by atoms with Crippen molar-refractivity contribution in [2.75, 3.05) is 17.2 Å². The topological polar surface area (TPSA) is 67.4 Å². The van der Waals surface area contributed by atoms with Crippen LogP contribution in [0.3, 0.4) is 0 Å². The Morgan fingerprint density at radius 3 is 2.08 bits per heavy atom. The quantitative estimate of drug-likeness (QED) is 0.783. The van der Waals surface area contributed by atoms with Gasteiger partial charge in [-0.25, -0.2) is 4.39 Å². The van der Waals surface area contributed by atoms with Gasteiger partial charge in [-0.15, -0.1) is 0 Å². The zero-order valence-electron chi connectivity index (χ0n) is 14.4. The molecular formula is C19H21FN2O3. The largest absolute Gasteiger partial charge is 0.492 e. The molecule has 0 fully saturated rings. The molecule has 5 nitrogen and oxygen atoms in total. The van der Waals surface area contributed by atoms with E-state index >= 15 is 0 Å². The Bertz CT molecular complexity index is 775. The average Bonchev–Trinajstić information content (AvgIpc) is 2.58. The Kier molecular flexibility index (Phi) is 5.75. The van der Waals surface area contributed by atoms with Crippen molar-refractivity contribution in [3.63, 3.8) is 0 Å². The van der Waals surface area contributed by atoms with Gasteiger partial charge in [0.2, 0.25) is 11.8 Å². The molecule has 0 atom stereocenters. The van der Waals surface area contributed by atoms with E-state index in [0.717, 1.165) is 0 Å². The molecule has 0 aromatic heterocycles. The van der Waals surface area contributed by atoms with Crippen molar-refractivity contribution in [1.82, 2.24) is 0 Å². The van der Waals surface area contributed by atoms with E-state index in [1.54, 1.807) is 30.3 Å². The van der Waals surface area contributed by atoms with E-state index < -0.39 is 23.0 Å². The molecule has 0 bridgehead atoms. The molecule has 0 aliphatic rings. The molecule has 25 heavy (non-hydrogen) atoms. The summed E-state index contributed by atoms with van der Waals surface area (Å²) < 4.78 is 19.1. The lowest BCUT2D eigenvalue weighted by Crippen LogP contribution is -2.41. The van der Waals surface area contributed by atoms with Gasteiger partial charge in [-0.2, -0.15) is 0 Å². The standard InChI is InChI=1S/C19H21FN2O3/c1-4-25-16-12-8-7-11-15(16)22-18(24)19(2,3)17(23)21-14-10-6-5-9-13(14)20/h5-12H,4H2,1-3H3,(H,21,23)(H,22,24). The van der Waals surface area contributed by atoms with E-state index in [1.807, 2.05) is 6.92 Å². The first kappa shape index (κ1) is 18.4. The second kappa shape index (κ2) is 7.79. The zero-order chi connectivity index (χ0) is 18.4. The van der Waals surface area contributed by atoms with Crippen LogP contribution in [0.1, 0.15) is 20.8 Å². The number of para-hydroxylation sites is 3. The van der Waals surface area contributed by atoms with E-state index in [1.165, 1.54) is 32.0 Å². The number of carbonyl (C=O) groups excluding carboxylic acids is 2. The number of carbonyl (C=O) groups is 2. The number of amides is 2. The molecule has 0 aliphatic heterocycles. The molecule has 2 aromatic carbocycles. The summed E-state index contributed by atoms with van der Waals surface area (Å²) in [6.07, 6.45) is 0. The molecule has 0 saturated heterocycles. The van der Waals surface area contributed by atoms with Gasteiger partial charge in [-0.05, 0) is 45.0 Å². The van der Waals surface area contributed by atoms with Crippen molar-refractivity contribution in [2.24, 2.45) is 5.41 Å². The lowest BCUT2D eigenvalue weighted by atomic mass is 9.90. The summed E-state index contributed by atoms with van der Waals surface area (Å²) in [5, 5.41) is 5.15. The first-order valence-electron chi connectivity index (χ1n) is 7.95. The fraction of sp³-hybridized carbons (Fsp3) is 0.263. The van der Waals surface area contributed by atoms with Crippen LogP contribution in [0, 0.1) is 11.2 Å². The predicted octanol–water partition coefficient (Wildman–Crippen LogP) is 3.83. The van der Waals surface area contributed by atoms with Gasteiger partial charge in [0.05, 0.1) is 18.0 Å². The summed E-state index contributed by atoms with van der Waals surface area (Å²) in [5.41, 5.74) is -0.911. The molecule has 132 valence electrons. The van der Waals surface area contributed by atoms with E-state index in [0.29, 0.717) is 18.0 Å². The molecule has 0 saturated carbocycles. The second-order valence-corrected chi connectivity index (χ2v) is 5.94. The Labute approximate surface area is 146 Å². The van der Waals surface area contributed by atoms with Gasteiger partial charge in [0.1, 0.15) is 17.0 Å². The molecule has 0 spiro atoms. The minimum Gasteiger partial charge on any atom is -0.492 e. The van der Waals surface area contributed by atoms with E-state index in [9.17, 15) is 14.0 Å². The molecule has 0 heterocycles. The third-order valence-corrected chi connectivity index (χ3v) is 3.69. The van der Waals surface area contributed by atoms with E-state index in [2.05, 4.69) is 10.6 Å². The Hall–Kier alpha value is -2.89. The lowest BCUT2D eigenvalue weighted by Gasteiger charge is -2.23. The minimum absolute atomic E-state index is 0.0306. The van der Waals surface area contributed by atoms with Crippen LogP contribution in [-0.4, -0.2) is 18.4 Å². The van der Waals surface area contributed by atoms with Crippen molar-refractivity contribution < 1.29 is 18.7 Å². The fourth-order valence-corrected chi connectivity index (χ4v) is 2.07. The van der Waals surface area contributed by atoms with Crippen LogP contribution in [0.25, 0.3) is 0 Å². The molecule has 2 N–H and O–H groups in total. The maximum absolute atomic E-state index is 13.7. The molecule has 0 unspecified atom stereocenters. The second-order valence-electron chi connectivity index (χ2n) is 5.94.